The summed E-state index contributed by atoms with van der Waals surface area (Å²) in [6, 6.07) is 2.10. The predicted molar refractivity (Wildman–Crippen MR) is 82.7 cm³/mol. The Morgan fingerprint density at radius 3 is 2.50 bits per heavy atom. The minimum atomic E-state index is 0.709. The lowest BCUT2D eigenvalue weighted by Crippen LogP contribution is -2.17. The van der Waals surface area contributed by atoms with Gasteiger partial charge in [0.25, 0.3) is 0 Å². The van der Waals surface area contributed by atoms with Gasteiger partial charge in [-0.2, -0.15) is 5.10 Å². The van der Waals surface area contributed by atoms with Crippen molar-refractivity contribution in [3.05, 3.63) is 39.3 Å². The molecule has 0 spiro atoms. The van der Waals surface area contributed by atoms with Crippen LogP contribution in [0.5, 0.6) is 0 Å². The van der Waals surface area contributed by atoms with E-state index in [4.69, 9.17) is 11.6 Å². The highest BCUT2D eigenvalue weighted by molar-refractivity contribution is 6.31. The molecule has 2 heterocycles. The van der Waals surface area contributed by atoms with Crippen LogP contribution < -0.4 is 5.32 Å². The van der Waals surface area contributed by atoms with E-state index in [0.29, 0.717) is 5.02 Å². The molecule has 5 heteroatoms. The molecule has 0 saturated heterocycles. The maximum Gasteiger partial charge on any atom is 0.158 e. The van der Waals surface area contributed by atoms with Crippen molar-refractivity contribution in [3.63, 3.8) is 0 Å². The Morgan fingerprint density at radius 1 is 1.25 bits per heavy atom. The molecule has 2 rings (SSSR count). The van der Waals surface area contributed by atoms with Crippen molar-refractivity contribution < 1.29 is 0 Å². The second kappa shape index (κ2) is 5.94. The lowest BCUT2D eigenvalue weighted by molar-refractivity contribution is 0.700. The van der Waals surface area contributed by atoms with Crippen molar-refractivity contribution >= 4 is 11.6 Å². The van der Waals surface area contributed by atoms with Crippen molar-refractivity contribution in [2.45, 2.75) is 41.2 Å². The summed E-state index contributed by atoms with van der Waals surface area (Å²) in [6.07, 6.45) is 0. The molecular formula is C15H21ClN4. The van der Waals surface area contributed by atoms with Gasteiger partial charge in [-0.25, -0.2) is 9.67 Å². The molecule has 0 atom stereocenters. The third kappa shape index (κ3) is 2.72. The molecule has 0 aliphatic carbocycles. The highest BCUT2D eigenvalue weighted by Crippen LogP contribution is 2.25. The zero-order valence-corrected chi connectivity index (χ0v) is 13.5. The maximum absolute atomic E-state index is 6.26. The van der Waals surface area contributed by atoms with Gasteiger partial charge in [0, 0.05) is 17.8 Å². The van der Waals surface area contributed by atoms with Gasteiger partial charge in [-0.05, 0) is 45.9 Å². The molecule has 0 bridgehead atoms. The quantitative estimate of drug-likeness (QED) is 0.940. The van der Waals surface area contributed by atoms with Crippen molar-refractivity contribution in [1.82, 2.24) is 20.1 Å². The van der Waals surface area contributed by atoms with E-state index in [0.717, 1.165) is 36.0 Å². The first kappa shape index (κ1) is 15.0. The first-order valence-electron chi connectivity index (χ1n) is 6.85. The highest BCUT2D eigenvalue weighted by Gasteiger charge is 2.16. The first-order chi connectivity index (χ1) is 9.45. The van der Waals surface area contributed by atoms with Crippen LogP contribution in [0.1, 0.15) is 35.1 Å². The van der Waals surface area contributed by atoms with Gasteiger partial charge in [0.05, 0.1) is 16.4 Å². The van der Waals surface area contributed by atoms with E-state index >= 15 is 0 Å². The van der Waals surface area contributed by atoms with Crippen LogP contribution in [0.4, 0.5) is 0 Å². The summed E-state index contributed by atoms with van der Waals surface area (Å²) in [4.78, 5) is 4.67. The van der Waals surface area contributed by atoms with Gasteiger partial charge >= 0.3 is 0 Å². The Balaban J connectivity index is 2.62. The largest absolute Gasteiger partial charge is 0.313 e. The Hall–Kier alpha value is -1.39. The molecule has 0 aliphatic rings. The zero-order chi connectivity index (χ0) is 14.9. The van der Waals surface area contributed by atoms with E-state index in [9.17, 15) is 0 Å². The number of halogens is 1. The summed E-state index contributed by atoms with van der Waals surface area (Å²) in [5, 5.41) is 8.60. The Morgan fingerprint density at radius 2 is 1.95 bits per heavy atom. The number of aryl methyl sites for hydroxylation is 3. The second-order valence-corrected chi connectivity index (χ2v) is 5.44. The molecule has 2 aromatic rings. The lowest BCUT2D eigenvalue weighted by Gasteiger charge is -2.14. The Labute approximate surface area is 125 Å². The average molecular weight is 293 g/mol. The number of pyridine rings is 1. The molecule has 20 heavy (non-hydrogen) atoms. The monoisotopic (exact) mass is 292 g/mol. The number of nitrogens with one attached hydrogen (secondary N) is 1. The zero-order valence-electron chi connectivity index (χ0n) is 12.7. The summed E-state index contributed by atoms with van der Waals surface area (Å²) in [7, 11) is 0. The van der Waals surface area contributed by atoms with E-state index in [2.05, 4.69) is 35.3 Å². The molecule has 108 valence electrons. The van der Waals surface area contributed by atoms with E-state index in [1.54, 1.807) is 0 Å². The van der Waals surface area contributed by atoms with Crippen molar-refractivity contribution in [1.29, 1.82) is 0 Å². The lowest BCUT2D eigenvalue weighted by atomic mass is 10.1. The third-order valence-corrected chi connectivity index (χ3v) is 3.96. The Kier molecular flexibility index (Phi) is 4.45. The van der Waals surface area contributed by atoms with E-state index in [1.165, 1.54) is 11.1 Å². The van der Waals surface area contributed by atoms with Crippen LogP contribution >= 0.6 is 11.6 Å². The van der Waals surface area contributed by atoms with Crippen molar-refractivity contribution in [2.24, 2.45) is 0 Å². The van der Waals surface area contributed by atoms with Gasteiger partial charge in [-0.15, -0.1) is 0 Å². The normalized spacial score (nSPS) is 11.1. The van der Waals surface area contributed by atoms with Gasteiger partial charge in [0.2, 0.25) is 0 Å². The van der Waals surface area contributed by atoms with E-state index in [1.807, 2.05) is 25.5 Å². The van der Waals surface area contributed by atoms with Gasteiger partial charge < -0.3 is 5.32 Å². The first-order valence-corrected chi connectivity index (χ1v) is 7.23. The fourth-order valence-electron chi connectivity index (χ4n) is 2.32. The highest BCUT2D eigenvalue weighted by atomic mass is 35.5. The van der Waals surface area contributed by atoms with Gasteiger partial charge in [-0.3, -0.25) is 0 Å². The van der Waals surface area contributed by atoms with Crippen molar-refractivity contribution in [2.75, 3.05) is 6.54 Å². The average Bonchev–Trinajstić information content (AvgIpc) is 2.65. The smallest absolute Gasteiger partial charge is 0.158 e. The van der Waals surface area contributed by atoms with Crippen LogP contribution in [0.15, 0.2) is 6.07 Å². The van der Waals surface area contributed by atoms with Crippen LogP contribution in [-0.4, -0.2) is 21.3 Å². The van der Waals surface area contributed by atoms with Crippen LogP contribution in [0.3, 0.4) is 0 Å². The molecule has 0 fully saturated rings. The number of hydrogen-bond acceptors (Lipinski definition) is 3. The number of aromatic nitrogens is 3. The van der Waals surface area contributed by atoms with Crippen molar-refractivity contribution in [3.8, 4) is 5.82 Å². The summed E-state index contributed by atoms with van der Waals surface area (Å²) < 4.78 is 1.85. The molecular weight excluding hydrogens is 272 g/mol. The summed E-state index contributed by atoms with van der Waals surface area (Å²) >= 11 is 6.26. The summed E-state index contributed by atoms with van der Waals surface area (Å²) in [6.45, 7) is 11.8. The maximum atomic E-state index is 6.26. The SMILES string of the molecule is CCNCc1c(C)cc(C)nc1-n1nc(C)c(Cl)c1C. The van der Waals surface area contributed by atoms with Gasteiger partial charge in [-0.1, -0.05) is 18.5 Å². The molecule has 1 N–H and O–H groups in total. The third-order valence-electron chi connectivity index (χ3n) is 3.41. The standard InChI is InChI=1S/C15H21ClN4/c1-6-17-8-13-9(2)7-10(3)18-15(13)20-12(5)14(16)11(4)19-20/h7,17H,6,8H2,1-5H3. The molecule has 0 unspecified atom stereocenters. The Bertz CT molecular complexity index is 631. The molecule has 2 aromatic heterocycles. The molecule has 0 aliphatic heterocycles. The number of nitrogens with zero attached hydrogens (tertiary/aromatic N) is 3. The predicted octanol–water partition coefficient (Wildman–Crippen LogP) is 3.26. The van der Waals surface area contributed by atoms with Crippen LogP contribution in [0, 0.1) is 27.7 Å². The number of rotatable bonds is 4. The van der Waals surface area contributed by atoms with E-state index < -0.39 is 0 Å². The van der Waals surface area contributed by atoms with Crippen LogP contribution in [0.25, 0.3) is 5.82 Å². The molecule has 0 saturated carbocycles. The molecule has 0 aromatic carbocycles. The summed E-state index contributed by atoms with van der Waals surface area (Å²) in [5.41, 5.74) is 5.14. The van der Waals surface area contributed by atoms with Crippen LogP contribution in [0.2, 0.25) is 5.02 Å². The molecule has 4 nitrogen and oxygen atoms in total. The summed E-state index contributed by atoms with van der Waals surface area (Å²) in [5.74, 6) is 0.871. The minimum Gasteiger partial charge on any atom is -0.313 e. The van der Waals surface area contributed by atoms with E-state index in [-0.39, 0.29) is 0 Å². The fraction of sp³-hybridized carbons (Fsp3) is 0.467. The second-order valence-electron chi connectivity index (χ2n) is 5.06. The minimum absolute atomic E-state index is 0.709. The molecule has 0 amide bonds. The fourth-order valence-corrected chi connectivity index (χ4v) is 2.44. The topological polar surface area (TPSA) is 42.7 Å². The molecule has 0 radical (unpaired) electrons. The van der Waals surface area contributed by atoms with Crippen LogP contribution in [-0.2, 0) is 6.54 Å². The van der Waals surface area contributed by atoms with Gasteiger partial charge in [0.15, 0.2) is 5.82 Å². The number of hydrogen-bond donors (Lipinski definition) is 1. The van der Waals surface area contributed by atoms with Gasteiger partial charge in [0.1, 0.15) is 0 Å².